The molecule has 1 aliphatic rings. The molecule has 0 radical (unpaired) electrons. The molecule has 1 atom stereocenters. The zero-order chi connectivity index (χ0) is 21.3. The first-order valence-corrected chi connectivity index (χ1v) is 11.5. The van der Waals surface area contributed by atoms with Crippen LogP contribution in [0.3, 0.4) is 0 Å². The number of ketones is 1. The summed E-state index contributed by atoms with van der Waals surface area (Å²) in [4.78, 5) is 36.0. The number of aliphatic carboxylic acids is 1. The van der Waals surface area contributed by atoms with Gasteiger partial charge in [-0.1, -0.05) is 64.2 Å². The molecule has 29 heavy (non-hydrogen) atoms. The van der Waals surface area contributed by atoms with Gasteiger partial charge in [-0.15, -0.1) is 12.3 Å². The van der Waals surface area contributed by atoms with Gasteiger partial charge in [0.25, 0.3) is 5.91 Å². The second-order valence-electron chi connectivity index (χ2n) is 8.24. The predicted octanol–water partition coefficient (Wildman–Crippen LogP) is 5.12. The first-order chi connectivity index (χ1) is 14.1. The number of likely N-dealkylation sites (tertiary alicyclic amines) is 1. The molecule has 164 valence electrons. The van der Waals surface area contributed by atoms with E-state index in [2.05, 4.69) is 5.92 Å². The van der Waals surface area contributed by atoms with Crippen molar-refractivity contribution in [3.8, 4) is 12.3 Å². The Balaban J connectivity index is 2.10. The molecule has 0 saturated carbocycles. The number of carbonyl (C=O) groups is 3. The van der Waals surface area contributed by atoms with Crippen molar-refractivity contribution in [2.75, 3.05) is 6.54 Å². The highest BCUT2D eigenvalue weighted by molar-refractivity contribution is 6.37. The Morgan fingerprint density at radius 2 is 1.41 bits per heavy atom. The topological polar surface area (TPSA) is 74.7 Å². The van der Waals surface area contributed by atoms with Gasteiger partial charge in [-0.05, 0) is 25.7 Å². The maximum Gasteiger partial charge on any atom is 0.303 e. The first kappa shape index (κ1) is 25.2. The van der Waals surface area contributed by atoms with E-state index in [1.165, 1.54) is 51.4 Å². The molecule has 1 unspecified atom stereocenters. The summed E-state index contributed by atoms with van der Waals surface area (Å²) < 4.78 is 0. The molecule has 0 aromatic rings. The van der Waals surface area contributed by atoms with Crippen molar-refractivity contribution in [2.24, 2.45) is 0 Å². The molecule has 1 aliphatic heterocycles. The summed E-state index contributed by atoms with van der Waals surface area (Å²) in [5, 5.41) is 8.84. The number of carboxylic acids is 1. The Hall–Kier alpha value is -1.83. The second-order valence-corrected chi connectivity index (χ2v) is 8.24. The van der Waals surface area contributed by atoms with Crippen LogP contribution in [0.2, 0.25) is 0 Å². The van der Waals surface area contributed by atoms with Crippen LogP contribution in [0.5, 0.6) is 0 Å². The van der Waals surface area contributed by atoms with Crippen LogP contribution in [-0.2, 0) is 14.4 Å². The van der Waals surface area contributed by atoms with E-state index < -0.39 is 5.97 Å². The van der Waals surface area contributed by atoms with Gasteiger partial charge in [0.15, 0.2) is 0 Å². The number of Topliss-reactive ketones (excluding diaryl/α,β-unsaturated/α-hetero) is 1. The third-order valence-corrected chi connectivity index (χ3v) is 5.81. The normalized spacial score (nSPS) is 14.9. The number of hydrogen-bond donors (Lipinski definition) is 1. The smallest absolute Gasteiger partial charge is 0.303 e. The van der Waals surface area contributed by atoms with E-state index in [9.17, 15) is 14.4 Å². The van der Waals surface area contributed by atoms with Crippen molar-refractivity contribution < 1.29 is 19.5 Å². The average molecular weight is 406 g/mol. The van der Waals surface area contributed by atoms with Crippen molar-refractivity contribution in [1.82, 2.24) is 4.90 Å². The van der Waals surface area contributed by atoms with Crippen molar-refractivity contribution in [3.05, 3.63) is 0 Å². The minimum Gasteiger partial charge on any atom is -0.481 e. The third-order valence-electron chi connectivity index (χ3n) is 5.81. The minimum atomic E-state index is -0.805. The van der Waals surface area contributed by atoms with Crippen LogP contribution in [0.15, 0.2) is 0 Å². The monoisotopic (exact) mass is 405 g/mol. The number of amides is 1. The van der Waals surface area contributed by atoms with Gasteiger partial charge in [-0.2, -0.15) is 0 Å². The molecular formula is C24H39NO4. The fourth-order valence-electron chi connectivity index (χ4n) is 4.08. The summed E-state index contributed by atoms with van der Waals surface area (Å²) in [6.07, 6.45) is 22.2. The lowest BCUT2D eigenvalue weighted by atomic mass is 9.99. The molecule has 5 heteroatoms. The first-order valence-electron chi connectivity index (χ1n) is 11.5. The average Bonchev–Trinajstić information content (AvgIpc) is 3.02. The van der Waals surface area contributed by atoms with Crippen LogP contribution < -0.4 is 0 Å². The van der Waals surface area contributed by atoms with Crippen LogP contribution in [-0.4, -0.2) is 40.3 Å². The van der Waals surface area contributed by atoms with E-state index in [4.69, 9.17) is 11.5 Å². The highest BCUT2D eigenvalue weighted by atomic mass is 16.4. The van der Waals surface area contributed by atoms with Crippen molar-refractivity contribution in [3.63, 3.8) is 0 Å². The molecule has 0 bridgehead atoms. The summed E-state index contributed by atoms with van der Waals surface area (Å²) in [6.45, 7) is 0.498. The van der Waals surface area contributed by atoms with E-state index in [-0.39, 0.29) is 24.2 Å². The Bertz CT molecular complexity index is 537. The minimum absolute atomic E-state index is 0.0165. The molecule has 1 rings (SSSR count). The van der Waals surface area contributed by atoms with Crippen LogP contribution in [0, 0.1) is 12.3 Å². The standard InChI is InChI=1S/C24H39NO4/c1-2-3-4-5-6-7-8-9-10-11-12-13-14-16-21(17-15-18-23(27)28)25-20-19-22(26)24(25)29/h1,21H,3-20H2,(H,27,28). The fraction of sp³-hybridized carbons (Fsp3) is 0.792. The van der Waals surface area contributed by atoms with Gasteiger partial charge >= 0.3 is 5.97 Å². The molecule has 5 nitrogen and oxygen atoms in total. The predicted molar refractivity (Wildman–Crippen MR) is 115 cm³/mol. The summed E-state index contributed by atoms with van der Waals surface area (Å²) in [5.41, 5.74) is 0. The van der Waals surface area contributed by atoms with Gasteiger partial charge in [0.05, 0.1) is 0 Å². The van der Waals surface area contributed by atoms with Crippen molar-refractivity contribution in [2.45, 2.75) is 115 Å². The maximum atomic E-state index is 12.0. The third kappa shape index (κ3) is 11.7. The zero-order valence-electron chi connectivity index (χ0n) is 18.0. The van der Waals surface area contributed by atoms with Crippen LogP contribution in [0.4, 0.5) is 0 Å². The van der Waals surface area contributed by atoms with Gasteiger partial charge in [0.2, 0.25) is 5.78 Å². The van der Waals surface area contributed by atoms with E-state index >= 15 is 0 Å². The van der Waals surface area contributed by atoms with Gasteiger partial charge in [-0.25, -0.2) is 0 Å². The van der Waals surface area contributed by atoms with Crippen LogP contribution >= 0.6 is 0 Å². The lowest BCUT2D eigenvalue weighted by Crippen LogP contribution is -2.37. The molecular weight excluding hydrogens is 366 g/mol. The molecule has 0 spiro atoms. The van der Waals surface area contributed by atoms with Crippen LogP contribution in [0.1, 0.15) is 109 Å². The Morgan fingerprint density at radius 1 is 0.897 bits per heavy atom. The molecule has 0 aromatic carbocycles. The van der Waals surface area contributed by atoms with Gasteiger partial charge in [0.1, 0.15) is 0 Å². The number of carboxylic acid groups (broad SMARTS) is 1. The number of hydrogen-bond acceptors (Lipinski definition) is 3. The molecule has 1 heterocycles. The molecule has 0 aliphatic carbocycles. The number of rotatable bonds is 18. The van der Waals surface area contributed by atoms with Gasteiger partial charge in [-0.3, -0.25) is 14.4 Å². The highest BCUT2D eigenvalue weighted by Gasteiger charge is 2.33. The molecule has 1 amide bonds. The van der Waals surface area contributed by atoms with E-state index in [1.807, 2.05) is 0 Å². The summed E-state index contributed by atoms with van der Waals surface area (Å²) in [6, 6.07) is 0.0165. The lowest BCUT2D eigenvalue weighted by molar-refractivity contribution is -0.141. The Kier molecular flexibility index (Phi) is 13.9. The molecule has 1 saturated heterocycles. The number of terminal acetylenes is 1. The van der Waals surface area contributed by atoms with E-state index in [1.54, 1.807) is 4.90 Å². The molecule has 1 N–H and O–H groups in total. The molecule has 1 fully saturated rings. The SMILES string of the molecule is C#CCCCCCCCCCCCCCC(CCCC(=O)O)N1CCC(=O)C1=O. The summed E-state index contributed by atoms with van der Waals surface area (Å²) in [7, 11) is 0. The Labute approximate surface area is 176 Å². The highest BCUT2D eigenvalue weighted by Crippen LogP contribution is 2.21. The number of nitrogens with zero attached hydrogens (tertiary/aromatic N) is 1. The van der Waals surface area contributed by atoms with E-state index in [0.29, 0.717) is 25.8 Å². The second kappa shape index (κ2) is 16.0. The van der Waals surface area contributed by atoms with E-state index in [0.717, 1.165) is 32.1 Å². The Morgan fingerprint density at radius 3 is 1.90 bits per heavy atom. The van der Waals surface area contributed by atoms with Crippen LogP contribution in [0.25, 0.3) is 0 Å². The summed E-state index contributed by atoms with van der Waals surface area (Å²) >= 11 is 0. The maximum absolute atomic E-state index is 12.0. The van der Waals surface area contributed by atoms with Gasteiger partial charge in [0, 0.05) is 31.8 Å². The largest absolute Gasteiger partial charge is 0.481 e. The number of unbranched alkanes of at least 4 members (excludes halogenated alkanes) is 11. The lowest BCUT2D eigenvalue weighted by Gasteiger charge is -2.27. The zero-order valence-corrected chi connectivity index (χ0v) is 18.0. The van der Waals surface area contributed by atoms with Crippen molar-refractivity contribution >= 4 is 17.7 Å². The quantitative estimate of drug-likeness (QED) is 0.195. The summed E-state index contributed by atoms with van der Waals surface area (Å²) in [5.74, 6) is 1.21. The van der Waals surface area contributed by atoms with Crippen molar-refractivity contribution in [1.29, 1.82) is 0 Å². The molecule has 0 aromatic heterocycles. The fourth-order valence-corrected chi connectivity index (χ4v) is 4.08. The number of carbonyl (C=O) groups excluding carboxylic acids is 2. The van der Waals surface area contributed by atoms with Gasteiger partial charge < -0.3 is 10.0 Å².